The molecule has 0 aromatic carbocycles. The highest BCUT2D eigenvalue weighted by molar-refractivity contribution is 5.09. The van der Waals surface area contributed by atoms with Gasteiger partial charge >= 0.3 is 0 Å². The molecule has 0 spiro atoms. The summed E-state index contributed by atoms with van der Waals surface area (Å²) in [7, 11) is 1.60. The molecular formula is C13H20N2O3. The number of pyridine rings is 1. The normalized spacial score (nSPS) is 28.2. The highest BCUT2D eigenvalue weighted by Gasteiger charge is 2.32. The SMILES string of the molecule is CO[C@@H]1COC[C@@H](CNCc2ccncc2)[C@@H]1O. The maximum Gasteiger partial charge on any atom is 0.107 e. The molecule has 18 heavy (non-hydrogen) atoms. The minimum Gasteiger partial charge on any atom is -0.390 e. The maximum atomic E-state index is 10.1. The lowest BCUT2D eigenvalue weighted by molar-refractivity contribution is -0.133. The van der Waals surface area contributed by atoms with Crippen molar-refractivity contribution in [1.29, 1.82) is 0 Å². The Kier molecular flexibility index (Phi) is 5.07. The predicted octanol–water partition coefficient (Wildman–Crippen LogP) is 0.193. The van der Waals surface area contributed by atoms with Gasteiger partial charge in [-0.15, -0.1) is 0 Å². The summed E-state index contributed by atoms with van der Waals surface area (Å²) in [5.74, 6) is 0.0746. The molecule has 0 saturated carbocycles. The van der Waals surface area contributed by atoms with Crippen LogP contribution in [0.1, 0.15) is 5.56 Å². The summed E-state index contributed by atoms with van der Waals surface area (Å²) in [6.07, 6.45) is 2.87. The van der Waals surface area contributed by atoms with Crippen molar-refractivity contribution in [2.24, 2.45) is 5.92 Å². The van der Waals surface area contributed by atoms with E-state index < -0.39 is 6.10 Å². The zero-order valence-corrected chi connectivity index (χ0v) is 10.6. The third-order valence-corrected chi connectivity index (χ3v) is 3.27. The standard InChI is InChI=1S/C13H20N2O3/c1-17-12-9-18-8-11(13(12)16)7-15-6-10-2-4-14-5-3-10/h2-5,11-13,15-16H,6-9H2,1H3/t11-,12-,13+/m1/s1. The Morgan fingerprint density at radius 3 is 2.94 bits per heavy atom. The molecule has 0 aliphatic carbocycles. The van der Waals surface area contributed by atoms with E-state index in [1.54, 1.807) is 19.5 Å². The first-order valence-electron chi connectivity index (χ1n) is 6.19. The van der Waals surface area contributed by atoms with Crippen LogP contribution in [0.25, 0.3) is 0 Å². The Balaban J connectivity index is 1.76. The van der Waals surface area contributed by atoms with Crippen molar-refractivity contribution in [1.82, 2.24) is 10.3 Å². The van der Waals surface area contributed by atoms with Gasteiger partial charge in [0.15, 0.2) is 0 Å². The van der Waals surface area contributed by atoms with Crippen LogP contribution < -0.4 is 5.32 Å². The topological polar surface area (TPSA) is 63.6 Å². The molecule has 0 bridgehead atoms. The van der Waals surface area contributed by atoms with E-state index >= 15 is 0 Å². The van der Waals surface area contributed by atoms with E-state index in [9.17, 15) is 5.11 Å². The van der Waals surface area contributed by atoms with Gasteiger partial charge in [-0.05, 0) is 17.7 Å². The van der Waals surface area contributed by atoms with Crippen LogP contribution in [0, 0.1) is 5.92 Å². The van der Waals surface area contributed by atoms with Crippen molar-refractivity contribution in [2.45, 2.75) is 18.8 Å². The summed E-state index contributed by atoms with van der Waals surface area (Å²) < 4.78 is 10.6. The molecule has 0 amide bonds. The summed E-state index contributed by atoms with van der Waals surface area (Å²) in [4.78, 5) is 3.97. The average Bonchev–Trinajstić information content (AvgIpc) is 2.42. The number of nitrogens with one attached hydrogen (secondary N) is 1. The van der Waals surface area contributed by atoms with E-state index in [2.05, 4.69) is 10.3 Å². The van der Waals surface area contributed by atoms with Gasteiger partial charge in [0.25, 0.3) is 0 Å². The first kappa shape index (κ1) is 13.4. The molecule has 5 nitrogen and oxygen atoms in total. The lowest BCUT2D eigenvalue weighted by Gasteiger charge is -2.33. The molecule has 1 aliphatic heterocycles. The molecule has 2 rings (SSSR count). The molecule has 1 aliphatic rings. The zero-order valence-electron chi connectivity index (χ0n) is 10.6. The van der Waals surface area contributed by atoms with Crippen molar-refractivity contribution in [3.63, 3.8) is 0 Å². The van der Waals surface area contributed by atoms with Crippen LogP contribution in [0.2, 0.25) is 0 Å². The van der Waals surface area contributed by atoms with E-state index in [-0.39, 0.29) is 12.0 Å². The molecule has 1 aromatic rings. The van der Waals surface area contributed by atoms with Gasteiger partial charge in [0.1, 0.15) is 6.10 Å². The molecule has 100 valence electrons. The highest BCUT2D eigenvalue weighted by atomic mass is 16.5. The Morgan fingerprint density at radius 1 is 1.44 bits per heavy atom. The number of aliphatic hydroxyl groups excluding tert-OH is 1. The third kappa shape index (κ3) is 3.49. The van der Waals surface area contributed by atoms with E-state index in [4.69, 9.17) is 9.47 Å². The summed E-state index contributed by atoms with van der Waals surface area (Å²) in [5.41, 5.74) is 1.18. The van der Waals surface area contributed by atoms with Gasteiger partial charge in [0.2, 0.25) is 0 Å². The second kappa shape index (κ2) is 6.80. The minimum absolute atomic E-state index is 0.0746. The molecule has 1 fully saturated rings. The number of hydrogen-bond acceptors (Lipinski definition) is 5. The molecule has 5 heteroatoms. The number of aliphatic hydroxyl groups is 1. The Morgan fingerprint density at radius 2 is 2.22 bits per heavy atom. The van der Waals surface area contributed by atoms with E-state index in [0.29, 0.717) is 19.8 Å². The quantitative estimate of drug-likeness (QED) is 0.783. The summed E-state index contributed by atoms with van der Waals surface area (Å²) >= 11 is 0. The van der Waals surface area contributed by atoms with Crippen LogP contribution in [-0.2, 0) is 16.0 Å². The number of methoxy groups -OCH3 is 1. The van der Waals surface area contributed by atoms with Crippen LogP contribution in [0.5, 0.6) is 0 Å². The number of aromatic nitrogens is 1. The monoisotopic (exact) mass is 252 g/mol. The molecule has 0 radical (unpaired) electrons. The minimum atomic E-state index is -0.464. The predicted molar refractivity (Wildman–Crippen MR) is 67.1 cm³/mol. The van der Waals surface area contributed by atoms with Crippen molar-refractivity contribution in [3.8, 4) is 0 Å². The number of rotatable bonds is 5. The van der Waals surface area contributed by atoms with Crippen LogP contribution in [0.3, 0.4) is 0 Å². The Hall–Kier alpha value is -1.01. The third-order valence-electron chi connectivity index (χ3n) is 3.27. The van der Waals surface area contributed by atoms with E-state index in [1.807, 2.05) is 12.1 Å². The van der Waals surface area contributed by atoms with Crippen molar-refractivity contribution < 1.29 is 14.6 Å². The Bertz CT molecular complexity index is 347. The molecule has 1 aromatic heterocycles. The molecular weight excluding hydrogens is 232 g/mol. The number of nitrogens with zero attached hydrogens (tertiary/aromatic N) is 1. The fourth-order valence-corrected chi connectivity index (χ4v) is 2.13. The molecule has 1 saturated heterocycles. The van der Waals surface area contributed by atoms with Gasteiger partial charge in [-0.3, -0.25) is 4.98 Å². The van der Waals surface area contributed by atoms with E-state index in [0.717, 1.165) is 6.54 Å². The van der Waals surface area contributed by atoms with Crippen molar-refractivity contribution in [3.05, 3.63) is 30.1 Å². The van der Waals surface area contributed by atoms with Crippen molar-refractivity contribution in [2.75, 3.05) is 26.9 Å². The van der Waals surface area contributed by atoms with Crippen LogP contribution in [0.15, 0.2) is 24.5 Å². The molecule has 2 N–H and O–H groups in total. The first-order chi connectivity index (χ1) is 8.81. The average molecular weight is 252 g/mol. The molecule has 2 heterocycles. The Labute approximate surface area is 107 Å². The second-order valence-electron chi connectivity index (χ2n) is 4.55. The highest BCUT2D eigenvalue weighted by Crippen LogP contribution is 2.16. The summed E-state index contributed by atoms with van der Waals surface area (Å²) in [6, 6.07) is 3.94. The fourth-order valence-electron chi connectivity index (χ4n) is 2.13. The van der Waals surface area contributed by atoms with Gasteiger partial charge in [0, 0.05) is 38.5 Å². The van der Waals surface area contributed by atoms with Crippen LogP contribution in [0.4, 0.5) is 0 Å². The number of hydrogen-bond donors (Lipinski definition) is 2. The van der Waals surface area contributed by atoms with Gasteiger partial charge in [-0.25, -0.2) is 0 Å². The van der Waals surface area contributed by atoms with Gasteiger partial charge in [0.05, 0.1) is 19.3 Å². The molecule has 0 unspecified atom stereocenters. The summed E-state index contributed by atoms with van der Waals surface area (Å²) in [6.45, 7) is 2.52. The lowest BCUT2D eigenvalue weighted by Crippen LogP contribution is -2.48. The second-order valence-corrected chi connectivity index (χ2v) is 4.55. The molecule has 3 atom stereocenters. The first-order valence-corrected chi connectivity index (χ1v) is 6.19. The van der Waals surface area contributed by atoms with Crippen LogP contribution >= 0.6 is 0 Å². The van der Waals surface area contributed by atoms with Crippen molar-refractivity contribution >= 4 is 0 Å². The van der Waals surface area contributed by atoms with E-state index in [1.165, 1.54) is 5.56 Å². The fraction of sp³-hybridized carbons (Fsp3) is 0.615. The number of ether oxygens (including phenoxy) is 2. The lowest BCUT2D eigenvalue weighted by atomic mass is 9.96. The van der Waals surface area contributed by atoms with Gasteiger partial charge in [-0.1, -0.05) is 0 Å². The summed E-state index contributed by atoms with van der Waals surface area (Å²) in [5, 5.41) is 13.4. The largest absolute Gasteiger partial charge is 0.390 e. The maximum absolute atomic E-state index is 10.1. The smallest absolute Gasteiger partial charge is 0.107 e. The van der Waals surface area contributed by atoms with Gasteiger partial charge in [-0.2, -0.15) is 0 Å². The zero-order chi connectivity index (χ0) is 12.8. The van der Waals surface area contributed by atoms with Gasteiger partial charge < -0.3 is 19.9 Å². The van der Waals surface area contributed by atoms with Crippen LogP contribution in [-0.4, -0.2) is 49.2 Å².